The van der Waals surface area contributed by atoms with Gasteiger partial charge in [0.2, 0.25) is 11.9 Å². The van der Waals surface area contributed by atoms with E-state index in [0.29, 0.717) is 10.1 Å². The maximum absolute atomic E-state index is 11.5. The van der Waals surface area contributed by atoms with Gasteiger partial charge in [-0.2, -0.15) is 0 Å². The number of rotatable bonds is 5. The predicted octanol–water partition coefficient (Wildman–Crippen LogP) is -2.09. The van der Waals surface area contributed by atoms with Gasteiger partial charge in [-0.25, -0.2) is 0 Å². The van der Waals surface area contributed by atoms with Crippen LogP contribution in [-0.2, 0) is 4.79 Å². The van der Waals surface area contributed by atoms with Crippen LogP contribution in [0.4, 0.5) is 0 Å². The Kier molecular flexibility index (Phi) is 7.08. The molecule has 0 saturated carbocycles. The first-order valence-electron chi connectivity index (χ1n) is 4.61. The standard InChI is InChI=1S/C10H21N2O.ClH/c1-6-7-12(4,5)10(11)9(13)8(2)3;/h10H,2,6-7,11H2,1,3-5H3;1H/q+1;/p-1. The van der Waals surface area contributed by atoms with E-state index in [1.165, 1.54) is 0 Å². The SMILES string of the molecule is C=C(C)C(=O)C(N)[N+](C)(C)CCC.[Cl-]. The minimum atomic E-state index is -0.475. The number of Topliss-reactive ketones (excluding diaryl/α,β-unsaturated/α-hetero) is 1. The second kappa shape index (κ2) is 6.17. The van der Waals surface area contributed by atoms with Crippen molar-refractivity contribution in [3.8, 4) is 0 Å². The van der Waals surface area contributed by atoms with E-state index in [1.54, 1.807) is 6.92 Å². The van der Waals surface area contributed by atoms with Gasteiger partial charge in [0.25, 0.3) is 0 Å². The Morgan fingerprint density at radius 1 is 1.50 bits per heavy atom. The number of carbonyl (C=O) groups is 1. The molecule has 1 atom stereocenters. The van der Waals surface area contributed by atoms with Crippen molar-refractivity contribution in [2.24, 2.45) is 5.73 Å². The van der Waals surface area contributed by atoms with E-state index in [0.717, 1.165) is 13.0 Å². The molecule has 0 spiro atoms. The molecule has 3 nitrogen and oxygen atoms in total. The van der Waals surface area contributed by atoms with E-state index in [-0.39, 0.29) is 18.2 Å². The van der Waals surface area contributed by atoms with Crippen LogP contribution in [0.2, 0.25) is 0 Å². The van der Waals surface area contributed by atoms with Crippen molar-refractivity contribution in [3.63, 3.8) is 0 Å². The van der Waals surface area contributed by atoms with Gasteiger partial charge in [-0.1, -0.05) is 13.5 Å². The van der Waals surface area contributed by atoms with Crippen molar-refractivity contribution in [1.82, 2.24) is 0 Å². The van der Waals surface area contributed by atoms with E-state index in [2.05, 4.69) is 13.5 Å². The summed E-state index contributed by atoms with van der Waals surface area (Å²) in [6.45, 7) is 8.30. The summed E-state index contributed by atoms with van der Waals surface area (Å²) in [5, 5.41) is 0. The Hall–Kier alpha value is -0.380. The van der Waals surface area contributed by atoms with Crippen LogP contribution in [0, 0.1) is 0 Å². The molecule has 0 radical (unpaired) electrons. The Bertz CT molecular complexity index is 214. The minimum Gasteiger partial charge on any atom is -1.00 e. The smallest absolute Gasteiger partial charge is 0.230 e. The third-order valence-electron chi connectivity index (χ3n) is 2.24. The average molecular weight is 221 g/mol. The van der Waals surface area contributed by atoms with Gasteiger partial charge in [0.15, 0.2) is 0 Å². The van der Waals surface area contributed by atoms with E-state index in [9.17, 15) is 4.79 Å². The second-order valence-corrected chi connectivity index (χ2v) is 4.09. The Balaban J connectivity index is 0. The van der Waals surface area contributed by atoms with Gasteiger partial charge in [-0.15, -0.1) is 0 Å². The molecule has 0 aromatic rings. The maximum Gasteiger partial charge on any atom is 0.230 e. The number of carbonyl (C=O) groups excluding carboxylic acids is 1. The zero-order valence-electron chi connectivity index (χ0n) is 9.51. The van der Waals surface area contributed by atoms with Crippen LogP contribution in [0.3, 0.4) is 0 Å². The summed E-state index contributed by atoms with van der Waals surface area (Å²) in [4.78, 5) is 11.5. The van der Waals surface area contributed by atoms with E-state index >= 15 is 0 Å². The number of ketones is 1. The molecule has 1 unspecified atom stereocenters. The molecule has 0 aliphatic heterocycles. The average Bonchev–Trinajstić information content (AvgIpc) is 2.01. The van der Waals surface area contributed by atoms with Crippen molar-refractivity contribution in [3.05, 3.63) is 12.2 Å². The van der Waals surface area contributed by atoms with Crippen LogP contribution in [0.5, 0.6) is 0 Å². The molecule has 0 rings (SSSR count). The lowest BCUT2D eigenvalue weighted by atomic mass is 10.1. The molecule has 0 bridgehead atoms. The summed E-state index contributed by atoms with van der Waals surface area (Å²) in [5.74, 6) is -0.0431. The normalized spacial score (nSPS) is 12.9. The van der Waals surface area contributed by atoms with Crippen LogP contribution < -0.4 is 18.1 Å². The highest BCUT2D eigenvalue weighted by molar-refractivity contribution is 5.97. The van der Waals surface area contributed by atoms with Gasteiger partial charge in [0.1, 0.15) is 0 Å². The molecule has 14 heavy (non-hydrogen) atoms. The number of hydrogen-bond acceptors (Lipinski definition) is 2. The first kappa shape index (κ1) is 16.1. The maximum atomic E-state index is 11.5. The molecule has 0 heterocycles. The van der Waals surface area contributed by atoms with Gasteiger partial charge in [-0.05, 0) is 18.9 Å². The van der Waals surface area contributed by atoms with Crippen molar-refractivity contribution >= 4 is 5.78 Å². The van der Waals surface area contributed by atoms with Crippen LogP contribution >= 0.6 is 0 Å². The van der Waals surface area contributed by atoms with Gasteiger partial charge >= 0.3 is 0 Å². The molecule has 0 saturated heterocycles. The molecule has 0 amide bonds. The summed E-state index contributed by atoms with van der Waals surface area (Å²) < 4.78 is 0.530. The second-order valence-electron chi connectivity index (χ2n) is 4.09. The van der Waals surface area contributed by atoms with Gasteiger partial charge < -0.3 is 16.9 Å². The fraction of sp³-hybridized carbons (Fsp3) is 0.700. The fourth-order valence-electron chi connectivity index (χ4n) is 1.29. The molecule has 0 aliphatic rings. The summed E-state index contributed by atoms with van der Waals surface area (Å²) in [5.41, 5.74) is 6.38. The topological polar surface area (TPSA) is 43.1 Å². The summed E-state index contributed by atoms with van der Waals surface area (Å²) in [6.07, 6.45) is 0.543. The van der Waals surface area contributed by atoms with Crippen molar-refractivity contribution in [2.45, 2.75) is 26.4 Å². The molecule has 0 aliphatic carbocycles. The summed E-state index contributed by atoms with van der Waals surface area (Å²) in [6, 6.07) is 0. The first-order valence-corrected chi connectivity index (χ1v) is 4.61. The third kappa shape index (κ3) is 4.22. The Labute approximate surface area is 93.0 Å². The third-order valence-corrected chi connectivity index (χ3v) is 2.24. The minimum absolute atomic E-state index is 0. The Morgan fingerprint density at radius 2 is 1.93 bits per heavy atom. The quantitative estimate of drug-likeness (QED) is 0.328. The summed E-state index contributed by atoms with van der Waals surface area (Å²) in [7, 11) is 3.93. The molecule has 0 aromatic heterocycles. The zero-order valence-corrected chi connectivity index (χ0v) is 10.3. The first-order chi connectivity index (χ1) is 5.83. The number of halogens is 1. The Morgan fingerprint density at radius 3 is 2.21 bits per heavy atom. The lowest BCUT2D eigenvalue weighted by Crippen LogP contribution is -3.00. The highest BCUT2D eigenvalue weighted by atomic mass is 35.5. The molecule has 84 valence electrons. The van der Waals surface area contributed by atoms with E-state index in [4.69, 9.17) is 5.73 Å². The van der Waals surface area contributed by atoms with E-state index < -0.39 is 6.17 Å². The number of nitrogens with two attached hydrogens (primary N) is 1. The van der Waals surface area contributed by atoms with Crippen LogP contribution in [0.15, 0.2) is 12.2 Å². The molecule has 4 heteroatoms. The highest BCUT2D eigenvalue weighted by Gasteiger charge is 2.30. The highest BCUT2D eigenvalue weighted by Crippen LogP contribution is 2.07. The lowest BCUT2D eigenvalue weighted by Gasteiger charge is -2.34. The number of hydrogen-bond donors (Lipinski definition) is 1. The monoisotopic (exact) mass is 220 g/mol. The van der Waals surface area contributed by atoms with Crippen molar-refractivity contribution < 1.29 is 21.7 Å². The predicted molar refractivity (Wildman–Crippen MR) is 55.1 cm³/mol. The van der Waals surface area contributed by atoms with E-state index in [1.807, 2.05) is 14.1 Å². The van der Waals surface area contributed by atoms with Crippen LogP contribution in [-0.4, -0.2) is 37.1 Å². The fourth-order valence-corrected chi connectivity index (χ4v) is 1.29. The molecule has 2 N–H and O–H groups in total. The molecule has 0 fully saturated rings. The molecule has 0 aromatic carbocycles. The number of quaternary nitrogens is 1. The molecular weight excluding hydrogens is 200 g/mol. The van der Waals surface area contributed by atoms with Crippen molar-refractivity contribution in [2.75, 3.05) is 20.6 Å². The zero-order chi connectivity index (χ0) is 10.6. The number of nitrogens with zero attached hydrogens (tertiary/aromatic N) is 1. The lowest BCUT2D eigenvalue weighted by molar-refractivity contribution is -0.905. The van der Waals surface area contributed by atoms with Crippen LogP contribution in [0.1, 0.15) is 20.3 Å². The van der Waals surface area contributed by atoms with Gasteiger partial charge in [-0.3, -0.25) is 10.5 Å². The largest absolute Gasteiger partial charge is 1.00 e. The molecular formula is C10H21ClN2O. The van der Waals surface area contributed by atoms with Gasteiger partial charge in [0, 0.05) is 0 Å². The van der Waals surface area contributed by atoms with Gasteiger partial charge in [0.05, 0.1) is 20.6 Å². The van der Waals surface area contributed by atoms with Crippen LogP contribution in [0.25, 0.3) is 0 Å². The number of likely N-dealkylation sites (N-methyl/N-ethyl adjacent to an activating group) is 1. The van der Waals surface area contributed by atoms with Crippen molar-refractivity contribution in [1.29, 1.82) is 0 Å². The summed E-state index contributed by atoms with van der Waals surface area (Å²) >= 11 is 0.